The third-order valence-corrected chi connectivity index (χ3v) is 4.44. The van der Waals surface area contributed by atoms with E-state index in [0.29, 0.717) is 21.8 Å². The minimum absolute atomic E-state index is 0.105. The van der Waals surface area contributed by atoms with E-state index in [1.807, 2.05) is 6.07 Å². The molecule has 0 unspecified atom stereocenters. The van der Waals surface area contributed by atoms with E-state index in [9.17, 15) is 14.7 Å². The molecule has 1 aliphatic heterocycles. The highest BCUT2D eigenvalue weighted by atomic mass is 127. The number of aliphatic hydroxyl groups excluding tert-OH is 1. The van der Waals surface area contributed by atoms with Crippen molar-refractivity contribution in [3.8, 4) is 0 Å². The van der Waals surface area contributed by atoms with Crippen molar-refractivity contribution >= 4 is 63.0 Å². The van der Waals surface area contributed by atoms with E-state index in [-0.39, 0.29) is 11.3 Å². The third-order valence-electron chi connectivity index (χ3n) is 3.54. The van der Waals surface area contributed by atoms with E-state index in [1.165, 1.54) is 6.92 Å². The Kier molecular flexibility index (Phi) is 4.16. The number of aliphatic hydroxyl groups is 1. The fourth-order valence-corrected chi connectivity index (χ4v) is 3.27. The summed E-state index contributed by atoms with van der Waals surface area (Å²) in [4.78, 5) is 25.5. The topological polar surface area (TPSA) is 57.6 Å². The van der Waals surface area contributed by atoms with E-state index >= 15 is 0 Å². The molecule has 0 fully saturated rings. The lowest BCUT2D eigenvalue weighted by Gasteiger charge is -2.12. The average Bonchev–Trinajstić information content (AvgIpc) is 2.77. The van der Waals surface area contributed by atoms with Crippen molar-refractivity contribution in [1.82, 2.24) is 0 Å². The second kappa shape index (κ2) is 5.98. The normalized spacial score (nSPS) is 15.6. The van der Waals surface area contributed by atoms with Gasteiger partial charge in [0.2, 0.25) is 5.91 Å². The molecule has 0 aliphatic carbocycles. The molecule has 2 aromatic rings. The Morgan fingerprint density at radius 3 is 2.61 bits per heavy atom. The molecule has 0 aromatic heterocycles. The predicted octanol–water partition coefficient (Wildman–Crippen LogP) is 4.26. The molecule has 2 aromatic carbocycles. The summed E-state index contributed by atoms with van der Waals surface area (Å²) >= 11 is 8.10. The number of hydrogen-bond acceptors (Lipinski definition) is 3. The number of rotatable bonds is 1. The minimum Gasteiger partial charge on any atom is -0.506 e. The third kappa shape index (κ3) is 2.74. The Bertz CT molecular complexity index is 876. The van der Waals surface area contributed by atoms with E-state index in [4.69, 9.17) is 11.6 Å². The van der Waals surface area contributed by atoms with Crippen molar-refractivity contribution < 1.29 is 14.7 Å². The number of nitrogens with zero attached hydrogens (tertiary/aromatic N) is 1. The van der Waals surface area contributed by atoms with Gasteiger partial charge in [-0.25, -0.2) is 4.90 Å². The molecule has 0 saturated carbocycles. The van der Waals surface area contributed by atoms with Crippen LogP contribution in [-0.2, 0) is 9.59 Å². The first-order chi connectivity index (χ1) is 10.9. The number of benzene rings is 2. The van der Waals surface area contributed by atoms with Crippen molar-refractivity contribution in [3.05, 3.63) is 62.2 Å². The first kappa shape index (κ1) is 16.0. The molecule has 23 heavy (non-hydrogen) atoms. The van der Waals surface area contributed by atoms with Gasteiger partial charge in [-0.05, 0) is 46.9 Å². The SMILES string of the molecule is CC(=O)N1C(=O)/C(=C(/O)c2cccc(I)c2)c2ccc(Cl)cc21. The lowest BCUT2D eigenvalue weighted by Crippen LogP contribution is -2.31. The van der Waals surface area contributed by atoms with Crippen LogP contribution in [0.2, 0.25) is 5.02 Å². The van der Waals surface area contributed by atoms with Crippen molar-refractivity contribution in [3.63, 3.8) is 0 Å². The first-order valence-electron chi connectivity index (χ1n) is 6.74. The molecular weight excluding hydrogens is 429 g/mol. The number of carbonyl (C=O) groups excluding carboxylic acids is 2. The molecule has 1 heterocycles. The van der Waals surface area contributed by atoms with Gasteiger partial charge in [0.1, 0.15) is 5.76 Å². The van der Waals surface area contributed by atoms with E-state index in [1.54, 1.807) is 36.4 Å². The number of fused-ring (bicyclic) bond motifs is 1. The molecule has 6 heteroatoms. The highest BCUT2D eigenvalue weighted by molar-refractivity contribution is 14.1. The average molecular weight is 440 g/mol. The molecule has 0 radical (unpaired) electrons. The van der Waals surface area contributed by atoms with Crippen LogP contribution >= 0.6 is 34.2 Å². The molecule has 2 amide bonds. The standard InChI is InChI=1S/C17H11ClINO3/c1-9(21)20-14-8-11(18)5-6-13(14)15(17(20)23)16(22)10-3-2-4-12(19)7-10/h2-8,22H,1H3/b16-15+. The maximum Gasteiger partial charge on any atom is 0.269 e. The Morgan fingerprint density at radius 2 is 1.96 bits per heavy atom. The number of imide groups is 1. The van der Waals surface area contributed by atoms with Gasteiger partial charge in [0, 0.05) is 26.6 Å². The van der Waals surface area contributed by atoms with Crippen LogP contribution in [-0.4, -0.2) is 16.9 Å². The number of halogens is 2. The first-order valence-corrected chi connectivity index (χ1v) is 8.20. The van der Waals surface area contributed by atoms with Gasteiger partial charge in [-0.2, -0.15) is 0 Å². The summed E-state index contributed by atoms with van der Waals surface area (Å²) in [7, 11) is 0. The molecule has 4 nitrogen and oxygen atoms in total. The largest absolute Gasteiger partial charge is 0.506 e. The van der Waals surface area contributed by atoms with Crippen LogP contribution in [0.25, 0.3) is 11.3 Å². The maximum atomic E-state index is 12.7. The smallest absolute Gasteiger partial charge is 0.269 e. The second-order valence-electron chi connectivity index (χ2n) is 5.06. The van der Waals surface area contributed by atoms with E-state index < -0.39 is 11.8 Å². The zero-order valence-corrected chi connectivity index (χ0v) is 14.9. The molecule has 1 aliphatic rings. The van der Waals surface area contributed by atoms with Crippen molar-refractivity contribution in [2.75, 3.05) is 4.90 Å². The van der Waals surface area contributed by atoms with E-state index in [2.05, 4.69) is 22.6 Å². The zero-order valence-electron chi connectivity index (χ0n) is 12.0. The lowest BCUT2D eigenvalue weighted by molar-refractivity contribution is -0.122. The molecule has 1 N–H and O–H groups in total. The Labute approximate surface area is 151 Å². The summed E-state index contributed by atoms with van der Waals surface area (Å²) in [6, 6.07) is 12.0. The summed E-state index contributed by atoms with van der Waals surface area (Å²) < 4.78 is 0.928. The van der Waals surface area contributed by atoms with Crippen LogP contribution < -0.4 is 4.90 Å². The molecule has 0 atom stereocenters. The van der Waals surface area contributed by atoms with Gasteiger partial charge in [-0.1, -0.05) is 29.8 Å². The highest BCUT2D eigenvalue weighted by Crippen LogP contribution is 2.41. The molecule has 0 spiro atoms. The summed E-state index contributed by atoms with van der Waals surface area (Å²) in [5, 5.41) is 11.0. The second-order valence-corrected chi connectivity index (χ2v) is 6.74. The van der Waals surface area contributed by atoms with Gasteiger partial charge in [0.15, 0.2) is 0 Å². The summed E-state index contributed by atoms with van der Waals surface area (Å²) in [6.07, 6.45) is 0. The number of amides is 2. The van der Waals surface area contributed by atoms with Crippen molar-refractivity contribution in [1.29, 1.82) is 0 Å². The summed E-state index contributed by atoms with van der Waals surface area (Å²) in [6.45, 7) is 1.30. The molecular formula is C17H11ClINO3. The zero-order chi connectivity index (χ0) is 16.7. The lowest BCUT2D eigenvalue weighted by atomic mass is 10.0. The fourth-order valence-electron chi connectivity index (χ4n) is 2.56. The molecule has 0 bridgehead atoms. The fraction of sp³-hybridized carbons (Fsp3) is 0.0588. The van der Waals surface area contributed by atoms with Gasteiger partial charge in [0.25, 0.3) is 5.91 Å². The van der Waals surface area contributed by atoms with Gasteiger partial charge in [0.05, 0.1) is 11.3 Å². The molecule has 3 rings (SSSR count). The highest BCUT2D eigenvalue weighted by Gasteiger charge is 2.37. The number of anilines is 1. The van der Waals surface area contributed by atoms with Crippen LogP contribution in [0.5, 0.6) is 0 Å². The Balaban J connectivity index is 2.27. The number of hydrogen-bond donors (Lipinski definition) is 1. The van der Waals surface area contributed by atoms with Crippen molar-refractivity contribution in [2.45, 2.75) is 6.92 Å². The summed E-state index contributed by atoms with van der Waals surface area (Å²) in [5.41, 5.74) is 1.51. The number of carbonyl (C=O) groups is 2. The van der Waals surface area contributed by atoms with E-state index in [0.717, 1.165) is 8.47 Å². The predicted molar refractivity (Wildman–Crippen MR) is 98.2 cm³/mol. The van der Waals surface area contributed by atoms with Gasteiger partial charge in [-0.3, -0.25) is 9.59 Å². The Morgan fingerprint density at radius 1 is 1.22 bits per heavy atom. The summed E-state index contributed by atoms with van der Waals surface area (Å²) in [5.74, 6) is -1.13. The maximum absolute atomic E-state index is 12.7. The van der Waals surface area contributed by atoms with Crippen LogP contribution in [0.4, 0.5) is 5.69 Å². The van der Waals surface area contributed by atoms with Crippen LogP contribution in [0.3, 0.4) is 0 Å². The molecule has 0 saturated heterocycles. The Hall–Kier alpha value is -1.86. The quantitative estimate of drug-likeness (QED) is 0.410. The van der Waals surface area contributed by atoms with Gasteiger partial charge in [-0.15, -0.1) is 0 Å². The van der Waals surface area contributed by atoms with Crippen LogP contribution in [0.15, 0.2) is 42.5 Å². The van der Waals surface area contributed by atoms with Crippen molar-refractivity contribution in [2.24, 2.45) is 0 Å². The van der Waals surface area contributed by atoms with Gasteiger partial charge >= 0.3 is 0 Å². The minimum atomic E-state index is -0.550. The monoisotopic (exact) mass is 439 g/mol. The van der Waals surface area contributed by atoms with Crippen LogP contribution in [0.1, 0.15) is 18.1 Å². The molecule has 116 valence electrons. The van der Waals surface area contributed by atoms with Gasteiger partial charge < -0.3 is 5.11 Å². The van der Waals surface area contributed by atoms with Crippen LogP contribution in [0, 0.1) is 3.57 Å².